The van der Waals surface area contributed by atoms with Crippen LogP contribution in [0.1, 0.15) is 45.1 Å². The fourth-order valence-corrected chi connectivity index (χ4v) is 3.47. The van der Waals surface area contributed by atoms with Gasteiger partial charge < -0.3 is 9.64 Å². The standard InChI is InChI=1S/C20H26N2O3/c1-3-20(2)17(14-18(23)21-12-8-5-9-13-21)25-19(24)22(20)15-16-10-6-4-7-11-16/h4,6-7,10-11,14H,3,5,8-9,12-13,15H2,1-2H3/b17-14-. The summed E-state index contributed by atoms with van der Waals surface area (Å²) in [6, 6.07) is 9.84. The quantitative estimate of drug-likeness (QED) is 0.784. The van der Waals surface area contributed by atoms with E-state index in [1.807, 2.05) is 49.1 Å². The van der Waals surface area contributed by atoms with Crippen LogP contribution in [0.15, 0.2) is 42.2 Å². The van der Waals surface area contributed by atoms with Gasteiger partial charge in [0.15, 0.2) is 0 Å². The molecule has 1 atom stereocenters. The number of ether oxygens (including phenoxy) is 1. The molecule has 134 valence electrons. The molecule has 0 radical (unpaired) electrons. The van der Waals surface area contributed by atoms with E-state index in [9.17, 15) is 9.59 Å². The summed E-state index contributed by atoms with van der Waals surface area (Å²) < 4.78 is 5.51. The van der Waals surface area contributed by atoms with Crippen LogP contribution < -0.4 is 0 Å². The smallest absolute Gasteiger partial charge is 0.412 e. The molecule has 0 bridgehead atoms. The lowest BCUT2D eigenvalue weighted by Gasteiger charge is -2.32. The van der Waals surface area contributed by atoms with Crippen molar-refractivity contribution in [1.29, 1.82) is 0 Å². The van der Waals surface area contributed by atoms with E-state index in [2.05, 4.69) is 0 Å². The molecule has 0 N–H and O–H groups in total. The van der Waals surface area contributed by atoms with Gasteiger partial charge in [0.1, 0.15) is 11.3 Å². The van der Waals surface area contributed by atoms with Crippen molar-refractivity contribution < 1.29 is 14.3 Å². The second-order valence-electron chi connectivity index (χ2n) is 6.96. The minimum absolute atomic E-state index is 0.0521. The number of cyclic esters (lactones) is 1. The summed E-state index contributed by atoms with van der Waals surface area (Å²) in [5.41, 5.74) is 0.445. The van der Waals surface area contributed by atoms with Gasteiger partial charge in [-0.2, -0.15) is 0 Å². The van der Waals surface area contributed by atoms with E-state index in [-0.39, 0.29) is 12.0 Å². The number of carbonyl (C=O) groups is 2. The first kappa shape index (κ1) is 17.5. The Kier molecular flexibility index (Phi) is 5.11. The molecule has 2 fully saturated rings. The molecule has 5 heteroatoms. The monoisotopic (exact) mass is 342 g/mol. The highest BCUT2D eigenvalue weighted by Gasteiger charge is 2.47. The average Bonchev–Trinajstić information content (AvgIpc) is 2.88. The summed E-state index contributed by atoms with van der Waals surface area (Å²) in [5, 5.41) is 0. The van der Waals surface area contributed by atoms with Gasteiger partial charge in [-0.15, -0.1) is 0 Å². The maximum atomic E-state index is 12.6. The maximum absolute atomic E-state index is 12.6. The highest BCUT2D eigenvalue weighted by molar-refractivity contribution is 5.90. The van der Waals surface area contributed by atoms with Crippen LogP contribution in [0.4, 0.5) is 4.79 Å². The van der Waals surface area contributed by atoms with Gasteiger partial charge in [-0.05, 0) is 38.2 Å². The Labute approximate surface area is 149 Å². The topological polar surface area (TPSA) is 49.9 Å². The fourth-order valence-electron chi connectivity index (χ4n) is 3.47. The summed E-state index contributed by atoms with van der Waals surface area (Å²) in [4.78, 5) is 28.6. The normalized spacial score (nSPS) is 25.4. The van der Waals surface area contributed by atoms with Crippen LogP contribution in [0.2, 0.25) is 0 Å². The number of rotatable bonds is 4. The molecule has 1 aromatic rings. The number of hydrogen-bond acceptors (Lipinski definition) is 3. The molecule has 25 heavy (non-hydrogen) atoms. The van der Waals surface area contributed by atoms with Gasteiger partial charge in [0.05, 0.1) is 6.54 Å². The zero-order valence-electron chi connectivity index (χ0n) is 15.0. The molecule has 5 nitrogen and oxygen atoms in total. The second kappa shape index (κ2) is 7.30. The van der Waals surface area contributed by atoms with E-state index in [0.717, 1.165) is 31.5 Å². The Morgan fingerprint density at radius 1 is 1.20 bits per heavy atom. The molecule has 0 spiro atoms. The van der Waals surface area contributed by atoms with Gasteiger partial charge >= 0.3 is 6.09 Å². The van der Waals surface area contributed by atoms with Crippen molar-refractivity contribution in [1.82, 2.24) is 9.80 Å². The van der Waals surface area contributed by atoms with Crippen LogP contribution in [0.25, 0.3) is 0 Å². The molecule has 0 saturated carbocycles. The Morgan fingerprint density at radius 2 is 1.88 bits per heavy atom. The van der Waals surface area contributed by atoms with Crippen LogP contribution in [-0.4, -0.2) is 40.4 Å². The first-order valence-corrected chi connectivity index (χ1v) is 9.09. The summed E-state index contributed by atoms with van der Waals surface area (Å²) in [5.74, 6) is 0.412. The summed E-state index contributed by atoms with van der Waals surface area (Å²) in [6.07, 6.45) is 5.08. The Balaban J connectivity index is 1.81. The van der Waals surface area contributed by atoms with E-state index in [0.29, 0.717) is 18.7 Å². The highest BCUT2D eigenvalue weighted by Crippen LogP contribution is 2.37. The van der Waals surface area contributed by atoms with Crippen LogP contribution in [0.5, 0.6) is 0 Å². The third-order valence-electron chi connectivity index (χ3n) is 5.34. The lowest BCUT2D eigenvalue weighted by atomic mass is 9.94. The Hall–Kier alpha value is -2.30. The van der Waals surface area contributed by atoms with Gasteiger partial charge in [-0.3, -0.25) is 9.69 Å². The number of benzene rings is 1. The van der Waals surface area contributed by atoms with Gasteiger partial charge in [0.25, 0.3) is 0 Å². The first-order valence-electron chi connectivity index (χ1n) is 9.09. The number of carbonyl (C=O) groups excluding carboxylic acids is 2. The summed E-state index contributed by atoms with van der Waals surface area (Å²) >= 11 is 0. The molecular formula is C20H26N2O3. The van der Waals surface area contributed by atoms with E-state index in [1.165, 1.54) is 12.5 Å². The fraction of sp³-hybridized carbons (Fsp3) is 0.500. The minimum atomic E-state index is -0.599. The average molecular weight is 342 g/mol. The molecule has 0 aromatic heterocycles. The molecule has 2 heterocycles. The van der Waals surface area contributed by atoms with Crippen LogP contribution in [0.3, 0.4) is 0 Å². The van der Waals surface area contributed by atoms with Crippen molar-refractivity contribution in [2.45, 2.75) is 51.6 Å². The zero-order chi connectivity index (χ0) is 17.9. The van der Waals surface area contributed by atoms with E-state index in [1.54, 1.807) is 4.90 Å². The number of piperidine rings is 1. The third-order valence-corrected chi connectivity index (χ3v) is 5.34. The molecule has 1 unspecified atom stereocenters. The van der Waals surface area contributed by atoms with Crippen molar-refractivity contribution in [3.8, 4) is 0 Å². The molecule has 3 rings (SSSR count). The molecule has 2 amide bonds. The van der Waals surface area contributed by atoms with E-state index in [4.69, 9.17) is 4.74 Å². The van der Waals surface area contributed by atoms with Crippen molar-refractivity contribution in [2.75, 3.05) is 13.1 Å². The summed E-state index contributed by atoms with van der Waals surface area (Å²) in [6.45, 7) is 6.02. The highest BCUT2D eigenvalue weighted by atomic mass is 16.6. The van der Waals surface area contributed by atoms with Crippen LogP contribution >= 0.6 is 0 Å². The largest absolute Gasteiger partial charge is 0.416 e. The maximum Gasteiger partial charge on any atom is 0.416 e. The van der Waals surface area contributed by atoms with Gasteiger partial charge in [0, 0.05) is 19.2 Å². The molecule has 2 saturated heterocycles. The lowest BCUT2D eigenvalue weighted by Crippen LogP contribution is -2.43. The van der Waals surface area contributed by atoms with Crippen LogP contribution in [0, 0.1) is 0 Å². The van der Waals surface area contributed by atoms with E-state index >= 15 is 0 Å². The van der Waals surface area contributed by atoms with Crippen molar-refractivity contribution >= 4 is 12.0 Å². The molecule has 2 aliphatic heterocycles. The molecular weight excluding hydrogens is 316 g/mol. The number of amides is 2. The van der Waals surface area contributed by atoms with Crippen molar-refractivity contribution in [2.24, 2.45) is 0 Å². The van der Waals surface area contributed by atoms with E-state index < -0.39 is 5.54 Å². The summed E-state index contributed by atoms with van der Waals surface area (Å²) in [7, 11) is 0. The predicted octanol–water partition coefficient (Wildman–Crippen LogP) is 3.70. The van der Waals surface area contributed by atoms with Crippen molar-refractivity contribution in [3.63, 3.8) is 0 Å². The Bertz CT molecular complexity index is 665. The first-order chi connectivity index (χ1) is 12.0. The third kappa shape index (κ3) is 3.55. The van der Waals surface area contributed by atoms with Gasteiger partial charge in [0.2, 0.25) is 5.91 Å². The zero-order valence-corrected chi connectivity index (χ0v) is 15.0. The number of nitrogens with zero attached hydrogens (tertiary/aromatic N) is 2. The van der Waals surface area contributed by atoms with Gasteiger partial charge in [-0.25, -0.2) is 4.79 Å². The number of likely N-dealkylation sites (tertiary alicyclic amines) is 1. The lowest BCUT2D eigenvalue weighted by molar-refractivity contribution is -0.127. The second-order valence-corrected chi connectivity index (χ2v) is 6.96. The SMILES string of the molecule is CCC1(C)/C(=C/C(=O)N2CCCCC2)OC(=O)N1Cc1ccccc1. The number of hydrogen-bond donors (Lipinski definition) is 0. The minimum Gasteiger partial charge on any atom is -0.412 e. The Morgan fingerprint density at radius 3 is 2.52 bits per heavy atom. The molecule has 0 aliphatic carbocycles. The van der Waals surface area contributed by atoms with Crippen molar-refractivity contribution in [3.05, 3.63) is 47.7 Å². The van der Waals surface area contributed by atoms with Gasteiger partial charge in [-0.1, -0.05) is 37.3 Å². The molecule has 1 aromatic carbocycles. The predicted molar refractivity (Wildman–Crippen MR) is 95.7 cm³/mol. The van der Waals surface area contributed by atoms with Crippen LogP contribution in [-0.2, 0) is 16.1 Å². The molecule has 2 aliphatic rings.